The van der Waals surface area contributed by atoms with Gasteiger partial charge in [-0.25, -0.2) is 9.55 Å². The molecule has 0 saturated carbocycles. The zero-order valence-electron chi connectivity index (χ0n) is 10.3. The third kappa shape index (κ3) is 2.40. The second-order valence-electron chi connectivity index (χ2n) is 3.95. The molecule has 2 rings (SSSR count). The summed E-state index contributed by atoms with van der Waals surface area (Å²) in [7, 11) is 0. The van der Waals surface area contributed by atoms with Crippen LogP contribution in [0.2, 0.25) is 5.02 Å². The quantitative estimate of drug-likeness (QED) is 0.855. The number of hydrogen-bond acceptors (Lipinski definition) is 3. The minimum absolute atomic E-state index is 0.0727. The van der Waals surface area contributed by atoms with Gasteiger partial charge in [-0.15, -0.1) is 0 Å². The summed E-state index contributed by atoms with van der Waals surface area (Å²) >= 11 is 5.75. The highest BCUT2D eigenvalue weighted by Gasteiger charge is 2.20. The van der Waals surface area contributed by atoms with E-state index in [1.54, 1.807) is 30.3 Å². The maximum atomic E-state index is 12.8. The van der Waals surface area contributed by atoms with Crippen molar-refractivity contribution in [1.82, 2.24) is 9.55 Å². The summed E-state index contributed by atoms with van der Waals surface area (Å²) < 4.78 is 25.8. The molecule has 2 aromatic rings. The van der Waals surface area contributed by atoms with Crippen molar-refractivity contribution < 1.29 is 8.78 Å². The van der Waals surface area contributed by atoms with Gasteiger partial charge in [0.15, 0.2) is 0 Å². The van der Waals surface area contributed by atoms with Gasteiger partial charge in [-0.3, -0.25) is 4.79 Å². The lowest BCUT2D eigenvalue weighted by molar-refractivity contribution is 0.0627. The van der Waals surface area contributed by atoms with Crippen LogP contribution in [0.5, 0.6) is 0 Å². The summed E-state index contributed by atoms with van der Waals surface area (Å²) in [6.07, 6.45) is 0. The standard InChI is InChI=1S/C13H8ClF2N3O/c1-7-18-11(8-2-4-9(14)5-3-8)10(6-17)12(20)19(7)13(15)16/h2-5,13H,1H3. The molecule has 0 unspecified atom stereocenters. The lowest BCUT2D eigenvalue weighted by atomic mass is 10.1. The van der Waals surface area contributed by atoms with Crippen molar-refractivity contribution in [3.8, 4) is 17.3 Å². The van der Waals surface area contributed by atoms with Gasteiger partial charge in [-0.05, 0) is 19.1 Å². The summed E-state index contributed by atoms with van der Waals surface area (Å²) in [5.74, 6) is -0.158. The number of benzene rings is 1. The van der Waals surface area contributed by atoms with Gasteiger partial charge in [0.05, 0.1) is 5.69 Å². The first-order chi connectivity index (χ1) is 9.45. The number of rotatable bonds is 2. The van der Waals surface area contributed by atoms with Gasteiger partial charge in [0.1, 0.15) is 17.5 Å². The monoisotopic (exact) mass is 295 g/mol. The highest BCUT2D eigenvalue weighted by molar-refractivity contribution is 6.30. The fraction of sp³-hybridized carbons (Fsp3) is 0.154. The van der Waals surface area contributed by atoms with Gasteiger partial charge in [-0.1, -0.05) is 23.7 Å². The van der Waals surface area contributed by atoms with Crippen molar-refractivity contribution >= 4 is 11.6 Å². The molecule has 20 heavy (non-hydrogen) atoms. The maximum Gasteiger partial charge on any atom is 0.322 e. The van der Waals surface area contributed by atoms with Gasteiger partial charge in [-0.2, -0.15) is 14.0 Å². The highest BCUT2D eigenvalue weighted by atomic mass is 35.5. The molecular weight excluding hydrogens is 288 g/mol. The van der Waals surface area contributed by atoms with Crippen LogP contribution in [-0.4, -0.2) is 9.55 Å². The Hall–Kier alpha value is -2.26. The van der Waals surface area contributed by atoms with Crippen LogP contribution in [0, 0.1) is 18.3 Å². The number of hydrogen-bond donors (Lipinski definition) is 0. The molecule has 0 aliphatic carbocycles. The van der Waals surface area contributed by atoms with Crippen molar-refractivity contribution in [2.24, 2.45) is 0 Å². The van der Waals surface area contributed by atoms with Gasteiger partial charge >= 0.3 is 6.55 Å². The number of aryl methyl sites for hydroxylation is 1. The second kappa shape index (κ2) is 5.39. The Morgan fingerprint density at radius 1 is 1.35 bits per heavy atom. The van der Waals surface area contributed by atoms with E-state index in [1.807, 2.05) is 0 Å². The van der Waals surface area contributed by atoms with Crippen LogP contribution >= 0.6 is 11.6 Å². The average molecular weight is 296 g/mol. The number of alkyl halides is 2. The van der Waals surface area contributed by atoms with E-state index in [2.05, 4.69) is 4.98 Å². The molecule has 0 radical (unpaired) electrons. The summed E-state index contributed by atoms with van der Waals surface area (Å²) in [6, 6.07) is 7.90. The predicted octanol–water partition coefficient (Wildman–Crippen LogP) is 3.14. The summed E-state index contributed by atoms with van der Waals surface area (Å²) in [5, 5.41) is 9.51. The molecule has 0 aliphatic heterocycles. The topological polar surface area (TPSA) is 58.7 Å². The Morgan fingerprint density at radius 3 is 2.45 bits per heavy atom. The molecule has 0 spiro atoms. The van der Waals surface area contributed by atoms with E-state index in [9.17, 15) is 13.6 Å². The molecule has 4 nitrogen and oxygen atoms in total. The minimum atomic E-state index is -3.04. The molecule has 0 fully saturated rings. The molecule has 0 bridgehead atoms. The van der Waals surface area contributed by atoms with E-state index >= 15 is 0 Å². The molecule has 0 N–H and O–H groups in total. The third-order valence-electron chi connectivity index (χ3n) is 2.72. The first kappa shape index (κ1) is 14.2. The smallest absolute Gasteiger partial charge is 0.268 e. The lowest BCUT2D eigenvalue weighted by Gasteiger charge is -2.11. The first-order valence-corrected chi connectivity index (χ1v) is 5.91. The van der Waals surface area contributed by atoms with Crippen molar-refractivity contribution in [2.75, 3.05) is 0 Å². The average Bonchev–Trinajstić information content (AvgIpc) is 2.38. The Bertz CT molecular complexity index is 748. The van der Waals surface area contributed by atoms with Gasteiger partial charge in [0, 0.05) is 10.6 Å². The van der Waals surface area contributed by atoms with Gasteiger partial charge in [0.2, 0.25) is 0 Å². The molecule has 1 aromatic carbocycles. The van der Waals surface area contributed by atoms with Crippen molar-refractivity contribution in [3.63, 3.8) is 0 Å². The van der Waals surface area contributed by atoms with E-state index in [1.165, 1.54) is 6.92 Å². The van der Waals surface area contributed by atoms with Crippen LogP contribution in [0.15, 0.2) is 29.1 Å². The highest BCUT2D eigenvalue weighted by Crippen LogP contribution is 2.22. The van der Waals surface area contributed by atoms with Crippen molar-refractivity contribution in [1.29, 1.82) is 5.26 Å². The number of halogens is 3. The molecule has 0 amide bonds. The minimum Gasteiger partial charge on any atom is -0.268 e. The fourth-order valence-corrected chi connectivity index (χ4v) is 1.91. The SMILES string of the molecule is Cc1nc(-c2ccc(Cl)cc2)c(C#N)c(=O)n1C(F)F. The Labute approximate surface area is 117 Å². The van der Waals surface area contributed by atoms with E-state index in [0.717, 1.165) is 0 Å². The Balaban J connectivity index is 2.76. The molecule has 0 saturated heterocycles. The second-order valence-corrected chi connectivity index (χ2v) is 4.39. The molecule has 1 heterocycles. The van der Waals surface area contributed by atoms with Crippen LogP contribution in [0.3, 0.4) is 0 Å². The maximum absolute atomic E-state index is 12.8. The van der Waals surface area contributed by atoms with Gasteiger partial charge < -0.3 is 0 Å². The Kier molecular flexibility index (Phi) is 3.81. The number of nitriles is 1. The van der Waals surface area contributed by atoms with E-state index in [4.69, 9.17) is 16.9 Å². The third-order valence-corrected chi connectivity index (χ3v) is 2.97. The summed E-state index contributed by atoms with van der Waals surface area (Å²) in [4.78, 5) is 15.9. The van der Waals surface area contributed by atoms with E-state index < -0.39 is 17.7 Å². The lowest BCUT2D eigenvalue weighted by Crippen LogP contribution is -2.27. The Morgan fingerprint density at radius 2 is 1.95 bits per heavy atom. The number of aromatic nitrogens is 2. The van der Waals surface area contributed by atoms with E-state index in [0.29, 0.717) is 10.6 Å². The summed E-state index contributed by atoms with van der Waals surface area (Å²) in [6.45, 7) is -1.75. The molecule has 0 atom stereocenters. The zero-order chi connectivity index (χ0) is 14.9. The summed E-state index contributed by atoms with van der Waals surface area (Å²) in [5.41, 5.74) is -0.936. The normalized spacial score (nSPS) is 10.6. The number of nitrogens with zero attached hydrogens (tertiary/aromatic N) is 3. The fourth-order valence-electron chi connectivity index (χ4n) is 1.79. The predicted molar refractivity (Wildman–Crippen MR) is 69.6 cm³/mol. The molecular formula is C13H8ClF2N3O. The van der Waals surface area contributed by atoms with Crippen LogP contribution in [-0.2, 0) is 0 Å². The van der Waals surface area contributed by atoms with Crippen LogP contribution in [0.4, 0.5) is 8.78 Å². The molecule has 1 aromatic heterocycles. The van der Waals surface area contributed by atoms with Crippen LogP contribution in [0.25, 0.3) is 11.3 Å². The van der Waals surface area contributed by atoms with E-state index in [-0.39, 0.29) is 16.1 Å². The molecule has 7 heteroatoms. The van der Waals surface area contributed by atoms with Gasteiger partial charge in [0.25, 0.3) is 5.56 Å². The first-order valence-electron chi connectivity index (χ1n) is 5.53. The largest absolute Gasteiger partial charge is 0.322 e. The molecule has 0 aliphatic rings. The zero-order valence-corrected chi connectivity index (χ0v) is 11.0. The van der Waals surface area contributed by atoms with Crippen molar-refractivity contribution in [2.45, 2.75) is 13.5 Å². The molecule has 102 valence electrons. The van der Waals surface area contributed by atoms with Crippen molar-refractivity contribution in [3.05, 3.63) is 51.0 Å². The van der Waals surface area contributed by atoms with Crippen LogP contribution < -0.4 is 5.56 Å². The van der Waals surface area contributed by atoms with Crippen LogP contribution in [0.1, 0.15) is 17.9 Å².